The Bertz CT molecular complexity index is 497. The topological polar surface area (TPSA) is 76.6 Å². The Balaban J connectivity index is 2.31. The molecule has 1 aliphatic rings. The van der Waals surface area contributed by atoms with E-state index in [9.17, 15) is 13.2 Å². The molecule has 1 saturated heterocycles. The molecule has 8 heteroatoms. The van der Waals surface area contributed by atoms with E-state index in [-0.39, 0.29) is 4.21 Å². The Morgan fingerprint density at radius 1 is 1.65 bits per heavy atom. The highest BCUT2D eigenvalue weighted by Gasteiger charge is 2.40. The van der Waals surface area contributed by atoms with Crippen molar-refractivity contribution in [1.29, 1.82) is 0 Å². The van der Waals surface area contributed by atoms with Gasteiger partial charge < -0.3 is 4.74 Å². The van der Waals surface area contributed by atoms with Gasteiger partial charge in [0.1, 0.15) is 6.04 Å². The molecule has 0 saturated carbocycles. The van der Waals surface area contributed by atoms with Crippen molar-refractivity contribution in [2.24, 2.45) is 0 Å². The summed E-state index contributed by atoms with van der Waals surface area (Å²) in [4.78, 5) is 15.2. The van der Waals surface area contributed by atoms with Crippen LogP contribution in [0.25, 0.3) is 0 Å². The molecule has 6 nitrogen and oxygen atoms in total. The molecule has 0 spiro atoms. The van der Waals surface area contributed by atoms with E-state index in [2.05, 4.69) is 9.72 Å². The molecule has 0 aromatic carbocycles. The molecule has 0 amide bonds. The fourth-order valence-electron chi connectivity index (χ4n) is 1.85. The molecule has 1 aromatic heterocycles. The van der Waals surface area contributed by atoms with E-state index in [1.165, 1.54) is 23.1 Å². The van der Waals surface area contributed by atoms with Gasteiger partial charge in [0, 0.05) is 6.54 Å². The number of nitrogens with zero attached hydrogens (tertiary/aromatic N) is 2. The minimum absolute atomic E-state index is 0.160. The van der Waals surface area contributed by atoms with Crippen LogP contribution in [0, 0.1) is 0 Å². The maximum absolute atomic E-state index is 12.2. The average molecular weight is 276 g/mol. The van der Waals surface area contributed by atoms with E-state index in [1.54, 1.807) is 0 Å². The number of carbonyl (C=O) groups excluding carboxylic acids is 1. The van der Waals surface area contributed by atoms with Crippen molar-refractivity contribution in [2.45, 2.75) is 23.1 Å². The van der Waals surface area contributed by atoms with Crippen molar-refractivity contribution in [3.05, 3.63) is 11.7 Å². The average Bonchev–Trinajstić information content (AvgIpc) is 2.98. The Hall–Kier alpha value is -0.990. The van der Waals surface area contributed by atoms with Crippen LogP contribution in [-0.4, -0.2) is 43.4 Å². The molecule has 1 fully saturated rings. The van der Waals surface area contributed by atoms with Crippen LogP contribution in [0.5, 0.6) is 0 Å². The lowest BCUT2D eigenvalue weighted by molar-refractivity contribution is -0.144. The van der Waals surface area contributed by atoms with Crippen LogP contribution in [0.3, 0.4) is 0 Å². The normalized spacial score (nSPS) is 21.6. The quantitative estimate of drug-likeness (QED) is 0.750. The molecule has 1 atom stereocenters. The first-order valence-electron chi connectivity index (χ1n) is 5.05. The van der Waals surface area contributed by atoms with E-state index in [0.717, 1.165) is 11.3 Å². The van der Waals surface area contributed by atoms with Gasteiger partial charge in [-0.25, -0.2) is 8.42 Å². The molecular weight excluding hydrogens is 264 g/mol. The van der Waals surface area contributed by atoms with Crippen molar-refractivity contribution in [3.8, 4) is 0 Å². The van der Waals surface area contributed by atoms with Crippen LogP contribution in [0.2, 0.25) is 0 Å². The van der Waals surface area contributed by atoms with Crippen molar-refractivity contribution >= 4 is 27.3 Å². The molecule has 1 aliphatic heterocycles. The largest absolute Gasteiger partial charge is 0.468 e. The van der Waals surface area contributed by atoms with Gasteiger partial charge in [0.2, 0.25) is 0 Å². The first kappa shape index (κ1) is 12.5. The molecular formula is C9H12N2O4S2. The van der Waals surface area contributed by atoms with Gasteiger partial charge in [-0.3, -0.25) is 9.78 Å². The number of sulfonamides is 1. The van der Waals surface area contributed by atoms with Crippen molar-refractivity contribution in [1.82, 2.24) is 9.29 Å². The summed E-state index contributed by atoms with van der Waals surface area (Å²) >= 11 is 1.05. The zero-order valence-corrected chi connectivity index (χ0v) is 10.8. The Labute approximate surface area is 103 Å². The zero-order chi connectivity index (χ0) is 12.5. The van der Waals surface area contributed by atoms with Crippen molar-refractivity contribution < 1.29 is 17.9 Å². The number of hydrogen-bond donors (Lipinski definition) is 0. The second-order valence-electron chi connectivity index (χ2n) is 3.62. The number of rotatable bonds is 3. The second-order valence-corrected chi connectivity index (χ2v) is 6.62. The van der Waals surface area contributed by atoms with Crippen LogP contribution in [0.1, 0.15) is 12.8 Å². The summed E-state index contributed by atoms with van der Waals surface area (Å²) in [5.74, 6) is -0.504. The van der Waals surface area contributed by atoms with Crippen LogP contribution >= 0.6 is 11.3 Å². The van der Waals surface area contributed by atoms with Crippen molar-refractivity contribution in [3.63, 3.8) is 0 Å². The van der Waals surface area contributed by atoms with E-state index >= 15 is 0 Å². The highest BCUT2D eigenvalue weighted by Crippen LogP contribution is 2.28. The number of carbonyl (C=O) groups is 1. The maximum Gasteiger partial charge on any atom is 0.324 e. The Morgan fingerprint density at radius 2 is 2.41 bits per heavy atom. The molecule has 0 bridgehead atoms. The van der Waals surface area contributed by atoms with Gasteiger partial charge in [-0.1, -0.05) is 0 Å². The summed E-state index contributed by atoms with van der Waals surface area (Å²) in [5.41, 5.74) is 1.45. The predicted molar refractivity (Wildman–Crippen MR) is 61.0 cm³/mol. The van der Waals surface area contributed by atoms with Gasteiger partial charge in [0.05, 0.1) is 18.8 Å². The number of esters is 1. The summed E-state index contributed by atoms with van der Waals surface area (Å²) in [5, 5.41) is 0. The zero-order valence-electron chi connectivity index (χ0n) is 9.20. The van der Waals surface area contributed by atoms with E-state index in [1.807, 2.05) is 0 Å². The third kappa shape index (κ3) is 2.20. The molecule has 0 aliphatic carbocycles. The van der Waals surface area contributed by atoms with Gasteiger partial charge in [0.15, 0.2) is 4.21 Å². The molecule has 0 radical (unpaired) electrons. The van der Waals surface area contributed by atoms with Crippen LogP contribution in [0.15, 0.2) is 15.9 Å². The molecule has 2 heterocycles. The Morgan fingerprint density at radius 3 is 3.00 bits per heavy atom. The number of aromatic nitrogens is 1. The maximum atomic E-state index is 12.2. The molecule has 1 unspecified atom stereocenters. The lowest BCUT2D eigenvalue weighted by Crippen LogP contribution is -2.40. The van der Waals surface area contributed by atoms with Gasteiger partial charge >= 0.3 is 5.97 Å². The SMILES string of the molecule is COC(=O)C1CCCN1S(=O)(=O)c1cncs1. The lowest BCUT2D eigenvalue weighted by Gasteiger charge is -2.20. The third-order valence-electron chi connectivity index (χ3n) is 2.65. The molecule has 94 valence electrons. The predicted octanol–water partition coefficient (Wildman–Crippen LogP) is 0.469. The van der Waals surface area contributed by atoms with E-state index in [4.69, 9.17) is 0 Å². The summed E-state index contributed by atoms with van der Waals surface area (Å²) < 4.78 is 30.4. The van der Waals surface area contributed by atoms with Crippen LogP contribution < -0.4 is 0 Å². The lowest BCUT2D eigenvalue weighted by atomic mass is 10.2. The molecule has 17 heavy (non-hydrogen) atoms. The summed E-state index contributed by atoms with van der Waals surface area (Å²) in [6, 6.07) is -0.702. The standard InChI is InChI=1S/C9H12N2O4S2/c1-15-9(12)7-3-2-4-11(7)17(13,14)8-5-10-6-16-8/h5-7H,2-4H2,1H3. The fourth-order valence-corrected chi connectivity index (χ4v) is 4.42. The van der Waals surface area contributed by atoms with Gasteiger partial charge in [-0.15, -0.1) is 11.3 Å². The monoisotopic (exact) mass is 276 g/mol. The number of methoxy groups -OCH3 is 1. The molecule has 1 aromatic rings. The highest BCUT2D eigenvalue weighted by molar-refractivity contribution is 7.91. The summed E-state index contributed by atoms with van der Waals surface area (Å²) in [6.45, 7) is 0.347. The first-order chi connectivity index (χ1) is 8.07. The number of thiazole rings is 1. The van der Waals surface area contributed by atoms with E-state index in [0.29, 0.717) is 19.4 Å². The van der Waals surface area contributed by atoms with Gasteiger partial charge in [-0.2, -0.15) is 4.31 Å². The third-order valence-corrected chi connectivity index (χ3v) is 5.80. The molecule has 2 rings (SSSR count). The summed E-state index contributed by atoms with van der Waals surface area (Å²) in [7, 11) is -2.35. The summed E-state index contributed by atoms with van der Waals surface area (Å²) in [6.07, 6.45) is 2.47. The highest BCUT2D eigenvalue weighted by atomic mass is 32.2. The van der Waals surface area contributed by atoms with Crippen LogP contribution in [0.4, 0.5) is 0 Å². The van der Waals surface area contributed by atoms with Gasteiger partial charge in [0.25, 0.3) is 10.0 Å². The Kier molecular flexibility index (Phi) is 3.45. The second kappa shape index (κ2) is 4.71. The minimum atomic E-state index is -3.61. The van der Waals surface area contributed by atoms with Crippen molar-refractivity contribution in [2.75, 3.05) is 13.7 Å². The van der Waals surface area contributed by atoms with Crippen LogP contribution in [-0.2, 0) is 19.6 Å². The number of hydrogen-bond acceptors (Lipinski definition) is 6. The minimum Gasteiger partial charge on any atom is -0.468 e. The van der Waals surface area contributed by atoms with E-state index < -0.39 is 22.0 Å². The smallest absolute Gasteiger partial charge is 0.324 e. The molecule has 0 N–H and O–H groups in total. The fraction of sp³-hybridized carbons (Fsp3) is 0.556. The van der Waals surface area contributed by atoms with Gasteiger partial charge in [-0.05, 0) is 12.8 Å². The number of ether oxygens (including phenoxy) is 1. The first-order valence-corrected chi connectivity index (χ1v) is 7.37.